The first-order valence-electron chi connectivity index (χ1n) is 6.57. The Balaban J connectivity index is 1.76. The van der Waals surface area contributed by atoms with Crippen LogP contribution >= 0.6 is 0 Å². The normalized spacial score (nSPS) is 26.0. The summed E-state index contributed by atoms with van der Waals surface area (Å²) in [6.07, 6.45) is 2.08. The predicted octanol–water partition coefficient (Wildman–Crippen LogP) is 3.42. The van der Waals surface area contributed by atoms with Crippen molar-refractivity contribution in [2.24, 2.45) is 5.73 Å². The van der Waals surface area contributed by atoms with Gasteiger partial charge in [0.15, 0.2) is 0 Å². The molecule has 2 unspecified atom stereocenters. The van der Waals surface area contributed by atoms with Crippen molar-refractivity contribution in [1.29, 1.82) is 0 Å². The monoisotopic (exact) mass is 237 g/mol. The van der Waals surface area contributed by atoms with Gasteiger partial charge < -0.3 is 5.73 Å². The van der Waals surface area contributed by atoms with E-state index >= 15 is 0 Å². The maximum absolute atomic E-state index is 6.50. The van der Waals surface area contributed by atoms with Gasteiger partial charge in [-0.05, 0) is 30.9 Å². The summed E-state index contributed by atoms with van der Waals surface area (Å²) in [7, 11) is 0. The first-order valence-corrected chi connectivity index (χ1v) is 6.57. The fourth-order valence-electron chi connectivity index (χ4n) is 2.83. The van der Waals surface area contributed by atoms with Crippen molar-refractivity contribution in [1.82, 2.24) is 0 Å². The van der Waals surface area contributed by atoms with E-state index in [0.717, 1.165) is 12.8 Å². The molecule has 0 aliphatic heterocycles. The van der Waals surface area contributed by atoms with Crippen LogP contribution in [0.25, 0.3) is 0 Å². The van der Waals surface area contributed by atoms with E-state index in [1.807, 2.05) is 0 Å². The zero-order valence-corrected chi connectivity index (χ0v) is 10.8. The lowest BCUT2D eigenvalue weighted by atomic mass is 9.99. The van der Waals surface area contributed by atoms with Crippen LogP contribution in [-0.2, 0) is 6.42 Å². The van der Waals surface area contributed by atoms with E-state index in [4.69, 9.17) is 5.73 Å². The predicted molar refractivity (Wildman–Crippen MR) is 75.6 cm³/mol. The van der Waals surface area contributed by atoms with Crippen molar-refractivity contribution in [2.45, 2.75) is 31.2 Å². The summed E-state index contributed by atoms with van der Waals surface area (Å²) in [4.78, 5) is 0. The maximum atomic E-state index is 6.50. The third-order valence-corrected chi connectivity index (χ3v) is 3.94. The molecule has 2 aromatic rings. The zero-order chi connectivity index (χ0) is 12.6. The Morgan fingerprint density at radius 3 is 2.61 bits per heavy atom. The second kappa shape index (κ2) is 4.25. The number of hydrogen-bond acceptors (Lipinski definition) is 1. The Morgan fingerprint density at radius 2 is 1.89 bits per heavy atom. The molecular weight excluding hydrogens is 218 g/mol. The highest BCUT2D eigenvalue weighted by Gasteiger charge is 2.51. The number of hydrogen-bond donors (Lipinski definition) is 1. The Labute approximate surface area is 109 Å². The van der Waals surface area contributed by atoms with Crippen LogP contribution < -0.4 is 5.73 Å². The smallest absolute Gasteiger partial charge is 0.0271 e. The lowest BCUT2D eigenvalue weighted by Crippen LogP contribution is -2.27. The number of aryl methyl sites for hydroxylation is 1. The molecule has 1 saturated carbocycles. The van der Waals surface area contributed by atoms with E-state index in [9.17, 15) is 0 Å². The molecule has 0 spiro atoms. The van der Waals surface area contributed by atoms with Crippen LogP contribution in [0.15, 0.2) is 54.6 Å². The molecule has 0 bridgehead atoms. The second-order valence-electron chi connectivity index (χ2n) is 5.57. The lowest BCUT2D eigenvalue weighted by molar-refractivity contribution is 0.646. The Bertz CT molecular complexity index is 547. The molecule has 0 heterocycles. The minimum atomic E-state index is -0.0326. The highest BCUT2D eigenvalue weighted by molar-refractivity contribution is 5.37. The summed E-state index contributed by atoms with van der Waals surface area (Å²) in [6, 6.07) is 19.3. The number of rotatable bonds is 3. The molecule has 2 aromatic carbocycles. The average Bonchev–Trinajstić information content (AvgIpc) is 3.02. The molecule has 3 rings (SSSR count). The minimum absolute atomic E-state index is 0.0326. The van der Waals surface area contributed by atoms with Crippen molar-refractivity contribution in [3.63, 3.8) is 0 Å². The quantitative estimate of drug-likeness (QED) is 0.869. The molecule has 1 nitrogen and oxygen atoms in total. The van der Waals surface area contributed by atoms with Crippen LogP contribution in [0, 0.1) is 6.92 Å². The summed E-state index contributed by atoms with van der Waals surface area (Å²) >= 11 is 0. The van der Waals surface area contributed by atoms with E-state index in [2.05, 4.69) is 61.5 Å². The van der Waals surface area contributed by atoms with Crippen molar-refractivity contribution >= 4 is 0 Å². The van der Waals surface area contributed by atoms with E-state index < -0.39 is 0 Å². The Kier molecular flexibility index (Phi) is 2.71. The van der Waals surface area contributed by atoms with Crippen LogP contribution in [-0.4, -0.2) is 5.54 Å². The molecule has 1 fully saturated rings. The Morgan fingerprint density at radius 1 is 1.11 bits per heavy atom. The fourth-order valence-corrected chi connectivity index (χ4v) is 2.83. The molecule has 2 N–H and O–H groups in total. The largest absolute Gasteiger partial charge is 0.324 e. The maximum Gasteiger partial charge on any atom is 0.0271 e. The molecule has 1 heteroatoms. The van der Waals surface area contributed by atoms with Crippen LogP contribution in [0.5, 0.6) is 0 Å². The molecule has 18 heavy (non-hydrogen) atoms. The third-order valence-electron chi connectivity index (χ3n) is 3.94. The van der Waals surface area contributed by atoms with Gasteiger partial charge in [0, 0.05) is 11.5 Å². The minimum Gasteiger partial charge on any atom is -0.324 e. The second-order valence-corrected chi connectivity index (χ2v) is 5.57. The first-order chi connectivity index (χ1) is 8.67. The van der Waals surface area contributed by atoms with E-state index in [1.54, 1.807) is 0 Å². The van der Waals surface area contributed by atoms with Gasteiger partial charge in [-0.2, -0.15) is 0 Å². The van der Waals surface area contributed by atoms with Gasteiger partial charge in [-0.1, -0.05) is 60.2 Å². The van der Waals surface area contributed by atoms with Gasteiger partial charge in [0.25, 0.3) is 0 Å². The molecule has 1 aliphatic carbocycles. The molecule has 2 atom stereocenters. The van der Waals surface area contributed by atoms with Gasteiger partial charge in [-0.3, -0.25) is 0 Å². The van der Waals surface area contributed by atoms with Gasteiger partial charge in [0.05, 0.1) is 0 Å². The number of benzene rings is 2. The van der Waals surface area contributed by atoms with E-state index in [0.29, 0.717) is 5.92 Å². The van der Waals surface area contributed by atoms with Crippen molar-refractivity contribution in [3.8, 4) is 0 Å². The summed E-state index contributed by atoms with van der Waals surface area (Å²) in [5.74, 6) is 0.526. The van der Waals surface area contributed by atoms with Crippen LogP contribution in [0.1, 0.15) is 29.0 Å². The van der Waals surface area contributed by atoms with Gasteiger partial charge >= 0.3 is 0 Å². The molecule has 0 aromatic heterocycles. The number of nitrogens with two attached hydrogens (primary N) is 1. The summed E-state index contributed by atoms with van der Waals surface area (Å²) in [5, 5.41) is 0. The van der Waals surface area contributed by atoms with Gasteiger partial charge in [0.1, 0.15) is 0 Å². The average molecular weight is 237 g/mol. The van der Waals surface area contributed by atoms with E-state index in [-0.39, 0.29) is 5.54 Å². The Hall–Kier alpha value is -1.60. The molecule has 0 radical (unpaired) electrons. The summed E-state index contributed by atoms with van der Waals surface area (Å²) in [5.41, 5.74) is 10.5. The fraction of sp³-hybridized carbons (Fsp3) is 0.294. The van der Waals surface area contributed by atoms with Gasteiger partial charge in [-0.15, -0.1) is 0 Å². The molecule has 0 saturated heterocycles. The van der Waals surface area contributed by atoms with Gasteiger partial charge in [0.2, 0.25) is 0 Å². The molecule has 1 aliphatic rings. The van der Waals surface area contributed by atoms with Crippen LogP contribution in [0.4, 0.5) is 0 Å². The standard InChI is InChI=1S/C17H19N/c1-13-6-5-9-15(10-13)16-12-17(16,18)11-14-7-3-2-4-8-14/h2-10,16H,11-12,18H2,1H3. The van der Waals surface area contributed by atoms with Crippen molar-refractivity contribution < 1.29 is 0 Å². The van der Waals surface area contributed by atoms with Crippen LogP contribution in [0.3, 0.4) is 0 Å². The third kappa shape index (κ3) is 2.19. The summed E-state index contributed by atoms with van der Waals surface area (Å²) < 4.78 is 0. The van der Waals surface area contributed by atoms with Crippen LogP contribution in [0.2, 0.25) is 0 Å². The highest BCUT2D eigenvalue weighted by Crippen LogP contribution is 2.51. The first kappa shape index (κ1) is 11.5. The highest BCUT2D eigenvalue weighted by atomic mass is 14.9. The van der Waals surface area contributed by atoms with Crippen molar-refractivity contribution in [2.75, 3.05) is 0 Å². The topological polar surface area (TPSA) is 26.0 Å². The molecule has 0 amide bonds. The van der Waals surface area contributed by atoms with Crippen molar-refractivity contribution in [3.05, 3.63) is 71.3 Å². The molecule has 92 valence electrons. The lowest BCUT2D eigenvalue weighted by Gasteiger charge is -2.12. The molecular formula is C17H19N. The van der Waals surface area contributed by atoms with E-state index in [1.165, 1.54) is 16.7 Å². The SMILES string of the molecule is Cc1cccc(C2CC2(N)Cc2ccccc2)c1. The van der Waals surface area contributed by atoms with Gasteiger partial charge in [-0.25, -0.2) is 0 Å². The zero-order valence-electron chi connectivity index (χ0n) is 10.8. The summed E-state index contributed by atoms with van der Waals surface area (Å²) in [6.45, 7) is 2.14.